The third-order valence-electron chi connectivity index (χ3n) is 5.91. The Morgan fingerprint density at radius 1 is 0.758 bits per heavy atom. The van der Waals surface area contributed by atoms with Crippen LogP contribution in [0, 0.1) is 0 Å². The lowest BCUT2D eigenvalue weighted by molar-refractivity contribution is 0.129. The van der Waals surface area contributed by atoms with Crippen LogP contribution in [-0.2, 0) is 21.7 Å². The van der Waals surface area contributed by atoms with Gasteiger partial charge >= 0.3 is 9.28 Å². The highest BCUT2D eigenvalue weighted by molar-refractivity contribution is 6.44. The predicted molar refractivity (Wildman–Crippen MR) is 143 cm³/mol. The Bertz CT molecular complexity index is 776. The fraction of sp³-hybridized carbons (Fsp3) is 0.586. The quantitative estimate of drug-likeness (QED) is 0.200. The van der Waals surface area contributed by atoms with E-state index < -0.39 is 9.28 Å². The highest BCUT2D eigenvalue weighted by Crippen LogP contribution is 2.29. The number of hydrogen-bond donors (Lipinski definition) is 1. The topological polar surface area (TPSA) is 38.7 Å². The van der Waals surface area contributed by atoms with Crippen LogP contribution in [0.25, 0.3) is 11.1 Å². The van der Waals surface area contributed by atoms with Crippen molar-refractivity contribution in [2.75, 3.05) is 0 Å². The van der Waals surface area contributed by atoms with E-state index in [1.807, 2.05) is 6.07 Å². The van der Waals surface area contributed by atoms with Gasteiger partial charge in [-0.1, -0.05) is 69.4 Å². The normalized spacial score (nSPS) is 11.8. The number of benzene rings is 2. The second-order valence-corrected chi connectivity index (χ2v) is 11.7. The van der Waals surface area contributed by atoms with Crippen molar-refractivity contribution in [2.24, 2.45) is 0 Å². The molecule has 0 unspecified atom stereocenters. The van der Waals surface area contributed by atoms with Crippen molar-refractivity contribution in [3.05, 3.63) is 53.6 Å². The monoisotopic (exact) mass is 470 g/mol. The molecule has 0 aromatic heterocycles. The summed E-state index contributed by atoms with van der Waals surface area (Å²) in [5.74, 6) is 0.332. The lowest BCUT2D eigenvalue weighted by atomic mass is 9.95. The fourth-order valence-electron chi connectivity index (χ4n) is 4.26. The maximum Gasteiger partial charge on any atom is 0.321 e. The first-order valence-corrected chi connectivity index (χ1v) is 14.9. The van der Waals surface area contributed by atoms with Crippen molar-refractivity contribution in [1.29, 1.82) is 0 Å². The first-order valence-electron chi connectivity index (χ1n) is 13.1. The van der Waals surface area contributed by atoms with Crippen LogP contribution in [0.3, 0.4) is 0 Å². The first kappa shape index (κ1) is 27.6. The van der Waals surface area contributed by atoms with Gasteiger partial charge in [0.25, 0.3) is 0 Å². The summed E-state index contributed by atoms with van der Waals surface area (Å²) in [5, 5.41) is 10.1. The van der Waals surface area contributed by atoms with E-state index in [1.54, 1.807) is 6.07 Å². The minimum atomic E-state index is -1.68. The molecule has 0 atom stereocenters. The molecule has 2 aromatic carbocycles. The zero-order valence-electron chi connectivity index (χ0n) is 21.6. The van der Waals surface area contributed by atoms with Crippen molar-refractivity contribution in [1.82, 2.24) is 0 Å². The third kappa shape index (κ3) is 10.9. The van der Waals surface area contributed by atoms with Gasteiger partial charge in [0.05, 0.1) is 0 Å². The van der Waals surface area contributed by atoms with Crippen LogP contribution >= 0.6 is 0 Å². The van der Waals surface area contributed by atoms with Gasteiger partial charge in [0.1, 0.15) is 5.75 Å². The molecule has 0 saturated carbocycles. The summed E-state index contributed by atoms with van der Waals surface area (Å²) in [6.45, 7) is 10.6. The standard InChI is InChI=1S/C29H46O3Si/c1-6-7-8-9-10-11-13-25-15-17-26(18-16-25)29-20-19-28(30)22-27(29)14-12-21-33(31-23(2)3)32-24(4)5/h15-20,22-24,30,33H,6-14,21H2,1-5H3. The van der Waals surface area contributed by atoms with Crippen LogP contribution in [0.2, 0.25) is 6.04 Å². The fourth-order valence-corrected chi connectivity index (χ4v) is 6.35. The highest BCUT2D eigenvalue weighted by Gasteiger charge is 2.17. The molecular weight excluding hydrogens is 424 g/mol. The number of phenolic OH excluding ortho intramolecular Hbond substituents is 1. The van der Waals surface area contributed by atoms with Gasteiger partial charge in [-0.3, -0.25) is 0 Å². The Balaban J connectivity index is 1.96. The average Bonchev–Trinajstić information content (AvgIpc) is 2.76. The maximum absolute atomic E-state index is 10.1. The Morgan fingerprint density at radius 3 is 2.03 bits per heavy atom. The second kappa shape index (κ2) is 15.3. The molecule has 0 radical (unpaired) electrons. The van der Waals surface area contributed by atoms with Crippen molar-refractivity contribution in [3.63, 3.8) is 0 Å². The van der Waals surface area contributed by atoms with Gasteiger partial charge in [0.15, 0.2) is 0 Å². The molecule has 33 heavy (non-hydrogen) atoms. The van der Waals surface area contributed by atoms with E-state index in [9.17, 15) is 5.11 Å². The number of hydrogen-bond acceptors (Lipinski definition) is 3. The van der Waals surface area contributed by atoms with Crippen LogP contribution < -0.4 is 0 Å². The summed E-state index contributed by atoms with van der Waals surface area (Å²) in [6.07, 6.45) is 11.5. The molecule has 1 N–H and O–H groups in total. The highest BCUT2D eigenvalue weighted by atomic mass is 28.3. The molecule has 3 nitrogen and oxygen atoms in total. The van der Waals surface area contributed by atoms with E-state index in [4.69, 9.17) is 8.85 Å². The van der Waals surface area contributed by atoms with Gasteiger partial charge in [-0.2, -0.15) is 0 Å². The zero-order valence-corrected chi connectivity index (χ0v) is 22.8. The molecule has 0 saturated heterocycles. The number of phenols is 1. The molecule has 0 aliphatic heterocycles. The van der Waals surface area contributed by atoms with Crippen molar-refractivity contribution in [3.8, 4) is 16.9 Å². The van der Waals surface area contributed by atoms with Crippen LogP contribution in [-0.4, -0.2) is 26.6 Å². The molecular formula is C29H46O3Si. The van der Waals surface area contributed by atoms with Gasteiger partial charge in [0.2, 0.25) is 0 Å². The number of aryl methyl sites for hydroxylation is 2. The van der Waals surface area contributed by atoms with Crippen molar-refractivity contribution in [2.45, 2.75) is 111 Å². The van der Waals surface area contributed by atoms with E-state index in [0.29, 0.717) is 5.75 Å². The molecule has 4 heteroatoms. The summed E-state index contributed by atoms with van der Waals surface area (Å²) in [4.78, 5) is 0. The van der Waals surface area contributed by atoms with Gasteiger partial charge in [-0.05, 0) is 93.8 Å². The molecule has 0 aliphatic rings. The number of rotatable bonds is 16. The van der Waals surface area contributed by atoms with E-state index in [-0.39, 0.29) is 12.2 Å². The van der Waals surface area contributed by atoms with Crippen LogP contribution in [0.4, 0.5) is 0 Å². The minimum absolute atomic E-state index is 0.201. The van der Waals surface area contributed by atoms with Crippen LogP contribution in [0.15, 0.2) is 42.5 Å². The molecule has 0 fully saturated rings. The molecule has 2 aromatic rings. The Kier molecular flexibility index (Phi) is 12.8. The molecule has 184 valence electrons. The summed E-state index contributed by atoms with van der Waals surface area (Å²) >= 11 is 0. The summed E-state index contributed by atoms with van der Waals surface area (Å²) in [5.41, 5.74) is 5.05. The predicted octanol–water partition coefficient (Wildman–Crippen LogP) is 7.97. The van der Waals surface area contributed by atoms with E-state index in [1.165, 1.54) is 60.8 Å². The first-order chi connectivity index (χ1) is 15.9. The van der Waals surface area contributed by atoms with Gasteiger partial charge in [-0.25, -0.2) is 0 Å². The van der Waals surface area contributed by atoms with Gasteiger partial charge in [-0.15, -0.1) is 0 Å². The molecule has 0 bridgehead atoms. The molecule has 0 heterocycles. The SMILES string of the molecule is CCCCCCCCc1ccc(-c2ccc(O)cc2CCC[SiH](OC(C)C)OC(C)C)cc1. The third-order valence-corrected chi connectivity index (χ3v) is 8.48. The molecule has 0 amide bonds. The minimum Gasteiger partial charge on any atom is -0.508 e. The lowest BCUT2D eigenvalue weighted by Gasteiger charge is -2.21. The van der Waals surface area contributed by atoms with Crippen LogP contribution in [0.5, 0.6) is 5.75 Å². The number of aromatic hydroxyl groups is 1. The van der Waals surface area contributed by atoms with Gasteiger partial charge in [0, 0.05) is 12.2 Å². The van der Waals surface area contributed by atoms with Gasteiger partial charge < -0.3 is 14.0 Å². The molecule has 0 spiro atoms. The second-order valence-electron chi connectivity index (χ2n) is 9.75. The number of unbranched alkanes of at least 4 members (excludes halogenated alkanes) is 5. The van der Waals surface area contributed by atoms with E-state index in [2.05, 4.69) is 65.0 Å². The van der Waals surface area contributed by atoms with E-state index in [0.717, 1.165) is 25.3 Å². The zero-order chi connectivity index (χ0) is 24.1. The largest absolute Gasteiger partial charge is 0.508 e. The summed E-state index contributed by atoms with van der Waals surface area (Å²) in [7, 11) is -1.68. The summed E-state index contributed by atoms with van der Waals surface area (Å²) < 4.78 is 12.2. The van der Waals surface area contributed by atoms with Crippen molar-refractivity contribution < 1.29 is 14.0 Å². The summed E-state index contributed by atoms with van der Waals surface area (Å²) in [6, 6.07) is 15.8. The Morgan fingerprint density at radius 2 is 1.39 bits per heavy atom. The maximum atomic E-state index is 10.1. The van der Waals surface area contributed by atoms with Crippen molar-refractivity contribution >= 4 is 9.28 Å². The Labute approximate surface area is 204 Å². The molecule has 2 rings (SSSR count). The molecule has 0 aliphatic carbocycles. The smallest absolute Gasteiger partial charge is 0.321 e. The lowest BCUT2D eigenvalue weighted by Crippen LogP contribution is -2.29. The van der Waals surface area contributed by atoms with E-state index >= 15 is 0 Å². The van der Waals surface area contributed by atoms with Crippen LogP contribution in [0.1, 0.15) is 90.7 Å². The Hall–Kier alpha value is -1.62. The average molecular weight is 471 g/mol.